The van der Waals surface area contributed by atoms with Gasteiger partial charge in [0, 0.05) is 11.6 Å². The van der Waals surface area contributed by atoms with Gasteiger partial charge in [-0.1, -0.05) is 12.8 Å². The molecule has 5 heteroatoms. The lowest BCUT2D eigenvalue weighted by molar-refractivity contribution is 0.354. The number of phenolic OH excluding ortho intramolecular Hbond substituents is 3. The fourth-order valence-corrected chi connectivity index (χ4v) is 2.42. The van der Waals surface area contributed by atoms with Crippen LogP contribution < -0.4 is 5.73 Å². The lowest BCUT2D eigenvalue weighted by atomic mass is 9.91. The second-order valence-electron chi connectivity index (χ2n) is 4.44. The largest absolute Gasteiger partial charge is 0.504 e. The zero-order valence-corrected chi connectivity index (χ0v) is 10.3. The van der Waals surface area contributed by atoms with Gasteiger partial charge in [-0.2, -0.15) is 0 Å². The first-order valence-corrected chi connectivity index (χ1v) is 5.60. The molecule has 1 aromatic rings. The molecule has 17 heavy (non-hydrogen) atoms. The van der Waals surface area contributed by atoms with Crippen LogP contribution >= 0.6 is 12.4 Å². The Bertz CT molecular complexity index is 392. The molecule has 1 saturated carbocycles. The van der Waals surface area contributed by atoms with Gasteiger partial charge in [0.2, 0.25) is 5.75 Å². The highest BCUT2D eigenvalue weighted by molar-refractivity contribution is 5.85. The number of hydrogen-bond acceptors (Lipinski definition) is 4. The summed E-state index contributed by atoms with van der Waals surface area (Å²) in [6, 6.07) is 2.67. The number of halogens is 1. The van der Waals surface area contributed by atoms with Crippen LogP contribution in [0.4, 0.5) is 0 Å². The molecule has 96 valence electrons. The van der Waals surface area contributed by atoms with Crippen LogP contribution in [0.15, 0.2) is 12.1 Å². The summed E-state index contributed by atoms with van der Waals surface area (Å²) < 4.78 is 0. The lowest BCUT2D eigenvalue weighted by Gasteiger charge is -2.20. The molecule has 1 aliphatic rings. The molecule has 0 aliphatic heterocycles. The van der Waals surface area contributed by atoms with Gasteiger partial charge in [0.15, 0.2) is 11.5 Å². The molecular weight excluding hydrogens is 242 g/mol. The topological polar surface area (TPSA) is 86.7 Å². The Morgan fingerprint density at radius 1 is 1.06 bits per heavy atom. The minimum Gasteiger partial charge on any atom is -0.504 e. The summed E-state index contributed by atoms with van der Waals surface area (Å²) in [7, 11) is 0. The zero-order chi connectivity index (χ0) is 11.7. The highest BCUT2D eigenvalue weighted by Gasteiger charge is 2.26. The molecule has 1 atom stereocenters. The molecule has 5 N–H and O–H groups in total. The van der Waals surface area contributed by atoms with E-state index in [4.69, 9.17) is 5.73 Å². The van der Waals surface area contributed by atoms with Crippen LogP contribution in [0.3, 0.4) is 0 Å². The van der Waals surface area contributed by atoms with Crippen LogP contribution in [0.2, 0.25) is 0 Å². The van der Waals surface area contributed by atoms with Gasteiger partial charge in [0.05, 0.1) is 0 Å². The highest BCUT2D eigenvalue weighted by Crippen LogP contribution is 2.43. The van der Waals surface area contributed by atoms with Crippen molar-refractivity contribution in [3.63, 3.8) is 0 Å². The summed E-state index contributed by atoms with van der Waals surface area (Å²) >= 11 is 0. The Balaban J connectivity index is 0.00000144. The Morgan fingerprint density at radius 2 is 1.65 bits per heavy atom. The normalized spacial score (nSPS) is 17.7. The minimum atomic E-state index is -0.481. The third-order valence-corrected chi connectivity index (χ3v) is 3.43. The minimum absolute atomic E-state index is 0. The summed E-state index contributed by atoms with van der Waals surface area (Å²) in [5.74, 6) is -0.736. The molecule has 2 rings (SSSR count). The van der Waals surface area contributed by atoms with Gasteiger partial charge in [-0.25, -0.2) is 0 Å². The van der Waals surface area contributed by atoms with Gasteiger partial charge in [-0.3, -0.25) is 0 Å². The molecule has 1 aliphatic carbocycles. The van der Waals surface area contributed by atoms with E-state index in [0.717, 1.165) is 12.8 Å². The fourth-order valence-electron chi connectivity index (χ4n) is 2.42. The first-order chi connectivity index (χ1) is 7.61. The van der Waals surface area contributed by atoms with E-state index in [0.29, 0.717) is 11.5 Å². The second-order valence-corrected chi connectivity index (χ2v) is 4.44. The van der Waals surface area contributed by atoms with E-state index in [1.807, 2.05) is 0 Å². The van der Waals surface area contributed by atoms with Crippen LogP contribution in [-0.2, 0) is 0 Å². The zero-order valence-electron chi connectivity index (χ0n) is 9.47. The Kier molecular flexibility index (Phi) is 4.48. The van der Waals surface area contributed by atoms with Gasteiger partial charge in [-0.15, -0.1) is 12.4 Å². The number of hydrogen-bond donors (Lipinski definition) is 4. The number of rotatable bonds is 2. The van der Waals surface area contributed by atoms with E-state index in [1.54, 1.807) is 6.07 Å². The maximum Gasteiger partial charge on any atom is 0.200 e. The molecule has 1 aromatic carbocycles. The fraction of sp³-hybridized carbons (Fsp3) is 0.500. The van der Waals surface area contributed by atoms with Gasteiger partial charge in [-0.05, 0) is 30.9 Å². The summed E-state index contributed by atoms with van der Waals surface area (Å²) in [5, 5.41) is 28.4. The maximum atomic E-state index is 9.72. The SMILES string of the molecule is Cl.N[C@@H](c1ccc(O)c(O)c1O)C1CCCC1. The summed E-state index contributed by atoms with van der Waals surface area (Å²) in [6.45, 7) is 0. The van der Waals surface area contributed by atoms with E-state index in [1.165, 1.54) is 18.9 Å². The van der Waals surface area contributed by atoms with Gasteiger partial charge in [0.1, 0.15) is 0 Å². The monoisotopic (exact) mass is 259 g/mol. The van der Waals surface area contributed by atoms with Crippen molar-refractivity contribution in [2.75, 3.05) is 0 Å². The van der Waals surface area contributed by atoms with Crippen molar-refractivity contribution in [2.24, 2.45) is 11.7 Å². The molecule has 0 saturated heterocycles. The first kappa shape index (κ1) is 13.9. The quantitative estimate of drug-likeness (QED) is 0.615. The average Bonchev–Trinajstić information content (AvgIpc) is 2.79. The maximum absolute atomic E-state index is 9.72. The van der Waals surface area contributed by atoms with Crippen LogP contribution in [0.1, 0.15) is 37.3 Å². The predicted molar refractivity (Wildman–Crippen MR) is 67.6 cm³/mol. The van der Waals surface area contributed by atoms with Crippen molar-refractivity contribution >= 4 is 12.4 Å². The summed E-state index contributed by atoms with van der Waals surface area (Å²) in [6.07, 6.45) is 4.46. The molecule has 0 radical (unpaired) electrons. The van der Waals surface area contributed by atoms with Gasteiger partial charge >= 0.3 is 0 Å². The molecule has 0 heterocycles. The summed E-state index contributed by atoms with van der Waals surface area (Å²) in [5.41, 5.74) is 6.58. The standard InChI is InChI=1S/C12H17NO3.ClH/c13-10(7-3-1-2-4-7)8-5-6-9(14)12(16)11(8)15;/h5-7,10,14-16H,1-4,13H2;1H/t10-;/m1./s1. The average molecular weight is 260 g/mol. The first-order valence-electron chi connectivity index (χ1n) is 5.60. The molecule has 0 amide bonds. The highest BCUT2D eigenvalue weighted by atomic mass is 35.5. The number of nitrogens with two attached hydrogens (primary N) is 1. The van der Waals surface area contributed by atoms with Gasteiger partial charge in [0.25, 0.3) is 0 Å². The third-order valence-electron chi connectivity index (χ3n) is 3.43. The number of benzene rings is 1. The van der Waals surface area contributed by atoms with Crippen molar-refractivity contribution < 1.29 is 15.3 Å². The Morgan fingerprint density at radius 3 is 2.24 bits per heavy atom. The van der Waals surface area contributed by atoms with Crippen LogP contribution in [-0.4, -0.2) is 15.3 Å². The molecule has 0 bridgehead atoms. The van der Waals surface area contributed by atoms with Gasteiger partial charge < -0.3 is 21.1 Å². The van der Waals surface area contributed by atoms with E-state index in [2.05, 4.69) is 0 Å². The van der Waals surface area contributed by atoms with Crippen molar-refractivity contribution in [1.29, 1.82) is 0 Å². The van der Waals surface area contributed by atoms with Crippen LogP contribution in [0.25, 0.3) is 0 Å². The smallest absolute Gasteiger partial charge is 0.200 e. The van der Waals surface area contributed by atoms with E-state index in [-0.39, 0.29) is 29.9 Å². The number of aromatic hydroxyl groups is 3. The van der Waals surface area contributed by atoms with E-state index >= 15 is 0 Å². The lowest BCUT2D eigenvalue weighted by Crippen LogP contribution is -2.19. The van der Waals surface area contributed by atoms with E-state index < -0.39 is 5.75 Å². The van der Waals surface area contributed by atoms with Crippen molar-refractivity contribution in [1.82, 2.24) is 0 Å². The van der Waals surface area contributed by atoms with Crippen LogP contribution in [0.5, 0.6) is 17.2 Å². The Labute approximate surface area is 106 Å². The van der Waals surface area contributed by atoms with E-state index in [9.17, 15) is 15.3 Å². The molecule has 1 fully saturated rings. The van der Waals surface area contributed by atoms with Crippen molar-refractivity contribution in [2.45, 2.75) is 31.7 Å². The summed E-state index contributed by atoms with van der Waals surface area (Å²) in [4.78, 5) is 0. The number of phenols is 3. The third kappa shape index (κ3) is 2.58. The predicted octanol–water partition coefficient (Wildman–Crippen LogP) is 2.42. The van der Waals surface area contributed by atoms with Crippen molar-refractivity contribution in [3.05, 3.63) is 17.7 Å². The molecule has 0 unspecified atom stereocenters. The molecule has 4 nitrogen and oxygen atoms in total. The van der Waals surface area contributed by atoms with Crippen molar-refractivity contribution in [3.8, 4) is 17.2 Å². The molecule has 0 spiro atoms. The molecular formula is C12H18ClNO3. The second kappa shape index (κ2) is 5.47. The molecule has 0 aromatic heterocycles. The Hall–Kier alpha value is -1.13. The van der Waals surface area contributed by atoms with Crippen LogP contribution in [0, 0.1) is 5.92 Å².